The van der Waals surface area contributed by atoms with E-state index in [1.807, 2.05) is 0 Å². The Balaban J connectivity index is 1.36. The molecule has 2 bridgehead atoms. The summed E-state index contributed by atoms with van der Waals surface area (Å²) in [6.45, 7) is -0.190. The first kappa shape index (κ1) is 21.7. The highest BCUT2D eigenvalue weighted by atomic mass is 35.5. The maximum Gasteiger partial charge on any atom is 0.261 e. The fourth-order valence-electron chi connectivity index (χ4n) is 6.15. The molecule has 4 aliphatic carbocycles. The number of hydrogen-bond acceptors (Lipinski definition) is 4. The van der Waals surface area contributed by atoms with Crippen molar-refractivity contribution in [3.63, 3.8) is 0 Å². The number of methoxy groups -OCH3 is 1. The maximum absolute atomic E-state index is 13.7. The third kappa shape index (κ3) is 3.19. The van der Waals surface area contributed by atoms with E-state index in [-0.39, 0.29) is 52.7 Å². The van der Waals surface area contributed by atoms with Crippen LogP contribution >= 0.6 is 23.2 Å². The van der Waals surface area contributed by atoms with Gasteiger partial charge in [-0.05, 0) is 60.4 Å². The van der Waals surface area contributed by atoms with Crippen molar-refractivity contribution in [3.8, 4) is 5.75 Å². The first-order valence-corrected chi connectivity index (χ1v) is 12.1. The van der Waals surface area contributed by atoms with E-state index in [1.54, 1.807) is 36.4 Å². The standard InChI is InChI=1S/C26H22Cl2N2O4/c1-34-15-4-2-3-14(10-15)29(24(31)18-6-5-13(27)9-21(18)28)12-30-25(32)22-16-7-8-17(20-11-19(16)20)23(22)26(30)33/h2-10,16-17,19-20,22-23H,11-12H2,1H3. The molecule has 6 unspecified atom stereocenters. The van der Waals surface area contributed by atoms with E-state index < -0.39 is 5.91 Å². The van der Waals surface area contributed by atoms with Crippen LogP contribution in [0.1, 0.15) is 16.8 Å². The zero-order chi connectivity index (χ0) is 23.7. The van der Waals surface area contributed by atoms with Crippen molar-refractivity contribution in [3.05, 3.63) is 70.2 Å². The van der Waals surface area contributed by atoms with Gasteiger partial charge in [-0.1, -0.05) is 41.4 Å². The van der Waals surface area contributed by atoms with Gasteiger partial charge < -0.3 is 4.74 Å². The molecule has 0 N–H and O–H groups in total. The maximum atomic E-state index is 13.7. The molecule has 2 aromatic rings. The molecular weight excluding hydrogens is 475 g/mol. The lowest BCUT2D eigenvalue weighted by Crippen LogP contribution is -2.45. The van der Waals surface area contributed by atoms with E-state index in [9.17, 15) is 14.4 Å². The smallest absolute Gasteiger partial charge is 0.261 e. The average molecular weight is 497 g/mol. The number of allylic oxidation sites excluding steroid dienone is 2. The summed E-state index contributed by atoms with van der Waals surface area (Å²) in [5, 5.41) is 0.602. The van der Waals surface area contributed by atoms with Crippen LogP contribution in [0.2, 0.25) is 10.0 Å². The van der Waals surface area contributed by atoms with E-state index in [2.05, 4.69) is 12.2 Å². The zero-order valence-electron chi connectivity index (χ0n) is 18.4. The van der Waals surface area contributed by atoms with Crippen molar-refractivity contribution in [1.29, 1.82) is 0 Å². The normalized spacial score (nSPS) is 30.3. The second kappa shape index (κ2) is 7.85. The number of ether oxygens (including phenoxy) is 1. The molecule has 0 aromatic heterocycles. The average Bonchev–Trinajstić information content (AvgIpc) is 3.62. The Labute approximate surface area is 207 Å². The quantitative estimate of drug-likeness (QED) is 0.445. The Morgan fingerprint density at radius 3 is 2.32 bits per heavy atom. The number of imide groups is 1. The summed E-state index contributed by atoms with van der Waals surface area (Å²) in [6, 6.07) is 11.6. The number of anilines is 1. The minimum Gasteiger partial charge on any atom is -0.497 e. The van der Waals surface area contributed by atoms with Crippen LogP contribution in [0.5, 0.6) is 5.75 Å². The predicted octanol–water partition coefficient (Wildman–Crippen LogP) is 4.66. The Morgan fingerprint density at radius 1 is 1.03 bits per heavy atom. The molecule has 1 aliphatic heterocycles. The highest BCUT2D eigenvalue weighted by Gasteiger charge is 2.67. The van der Waals surface area contributed by atoms with Gasteiger partial charge in [0.15, 0.2) is 0 Å². The van der Waals surface area contributed by atoms with Gasteiger partial charge in [-0.2, -0.15) is 0 Å². The van der Waals surface area contributed by atoms with Gasteiger partial charge in [-0.15, -0.1) is 0 Å². The number of benzene rings is 2. The number of nitrogens with zero attached hydrogens (tertiary/aromatic N) is 2. The Kier molecular flexibility index (Phi) is 5.01. The van der Waals surface area contributed by atoms with Crippen molar-refractivity contribution >= 4 is 46.6 Å². The zero-order valence-corrected chi connectivity index (χ0v) is 19.9. The molecule has 2 aromatic carbocycles. The molecular formula is C26H22Cl2N2O4. The van der Waals surface area contributed by atoms with Gasteiger partial charge in [-0.3, -0.25) is 24.2 Å². The fourth-order valence-corrected chi connectivity index (χ4v) is 6.64. The van der Waals surface area contributed by atoms with Gasteiger partial charge in [0.2, 0.25) is 11.8 Å². The largest absolute Gasteiger partial charge is 0.497 e. The van der Waals surface area contributed by atoms with Crippen molar-refractivity contribution < 1.29 is 19.1 Å². The number of amides is 3. The molecule has 1 saturated heterocycles. The molecule has 2 saturated carbocycles. The highest BCUT2D eigenvalue weighted by molar-refractivity contribution is 6.37. The van der Waals surface area contributed by atoms with Crippen LogP contribution in [0.25, 0.3) is 0 Å². The Hall–Kier alpha value is -2.83. The van der Waals surface area contributed by atoms with Crippen LogP contribution in [0.15, 0.2) is 54.6 Å². The third-order valence-electron chi connectivity index (χ3n) is 7.81. The van der Waals surface area contributed by atoms with Gasteiger partial charge in [-0.25, -0.2) is 0 Å². The molecule has 174 valence electrons. The van der Waals surface area contributed by atoms with Crippen molar-refractivity contribution in [2.45, 2.75) is 6.42 Å². The van der Waals surface area contributed by atoms with Gasteiger partial charge >= 0.3 is 0 Å². The summed E-state index contributed by atoms with van der Waals surface area (Å²) in [4.78, 5) is 43.4. The summed E-state index contributed by atoms with van der Waals surface area (Å²) in [5.41, 5.74) is 0.725. The number of carbonyl (C=O) groups excluding carboxylic acids is 3. The topological polar surface area (TPSA) is 66.9 Å². The lowest BCUT2D eigenvalue weighted by atomic mass is 9.63. The molecule has 8 heteroatoms. The van der Waals surface area contributed by atoms with E-state index in [1.165, 1.54) is 23.0 Å². The Bertz CT molecular complexity index is 1230. The number of carbonyl (C=O) groups is 3. The van der Waals surface area contributed by atoms with Crippen molar-refractivity contribution in [2.24, 2.45) is 35.5 Å². The molecule has 5 aliphatic rings. The fraction of sp³-hybridized carbons (Fsp3) is 0.346. The monoisotopic (exact) mass is 496 g/mol. The van der Waals surface area contributed by atoms with Crippen LogP contribution in [0.4, 0.5) is 5.69 Å². The molecule has 6 atom stereocenters. The summed E-state index contributed by atoms with van der Waals surface area (Å²) in [7, 11) is 1.54. The highest BCUT2D eigenvalue weighted by Crippen LogP contribution is 2.65. The van der Waals surface area contributed by atoms with Gasteiger partial charge in [0, 0.05) is 16.8 Å². The predicted molar refractivity (Wildman–Crippen MR) is 128 cm³/mol. The van der Waals surface area contributed by atoms with E-state index >= 15 is 0 Å². The van der Waals surface area contributed by atoms with Gasteiger partial charge in [0.25, 0.3) is 5.91 Å². The third-order valence-corrected chi connectivity index (χ3v) is 8.36. The summed E-state index contributed by atoms with van der Waals surface area (Å²) in [6.07, 6.45) is 5.36. The summed E-state index contributed by atoms with van der Waals surface area (Å²) >= 11 is 12.4. The number of rotatable bonds is 5. The molecule has 3 fully saturated rings. The van der Waals surface area contributed by atoms with E-state index in [0.717, 1.165) is 6.42 Å². The minimum atomic E-state index is -0.436. The second-order valence-corrected chi connectivity index (χ2v) is 10.3. The number of halogens is 2. The van der Waals surface area contributed by atoms with Crippen LogP contribution < -0.4 is 9.64 Å². The molecule has 0 spiro atoms. The molecule has 0 radical (unpaired) electrons. The molecule has 6 nitrogen and oxygen atoms in total. The van der Waals surface area contributed by atoms with Gasteiger partial charge in [0.05, 0.1) is 29.5 Å². The molecule has 7 rings (SSSR count). The van der Waals surface area contributed by atoms with Crippen LogP contribution in [-0.2, 0) is 9.59 Å². The number of likely N-dealkylation sites (tertiary alicyclic amines) is 1. The van der Waals surface area contributed by atoms with Gasteiger partial charge in [0.1, 0.15) is 12.4 Å². The number of hydrogen-bond donors (Lipinski definition) is 0. The Morgan fingerprint density at radius 2 is 1.71 bits per heavy atom. The molecule has 34 heavy (non-hydrogen) atoms. The molecule has 3 amide bonds. The van der Waals surface area contributed by atoms with E-state index in [0.29, 0.717) is 28.3 Å². The first-order chi connectivity index (χ1) is 16.4. The van der Waals surface area contributed by atoms with Crippen molar-refractivity contribution in [2.75, 3.05) is 18.7 Å². The van der Waals surface area contributed by atoms with Crippen LogP contribution in [0, 0.1) is 35.5 Å². The van der Waals surface area contributed by atoms with Crippen LogP contribution in [0.3, 0.4) is 0 Å². The minimum absolute atomic E-state index is 0.119. The summed E-state index contributed by atoms with van der Waals surface area (Å²) < 4.78 is 5.34. The van der Waals surface area contributed by atoms with Crippen LogP contribution in [-0.4, -0.2) is 36.4 Å². The van der Waals surface area contributed by atoms with E-state index in [4.69, 9.17) is 27.9 Å². The molecule has 1 heterocycles. The first-order valence-electron chi connectivity index (χ1n) is 11.3. The lowest BCUT2D eigenvalue weighted by Gasteiger charge is -2.37. The van der Waals surface area contributed by atoms with Crippen molar-refractivity contribution in [1.82, 2.24) is 4.90 Å². The summed E-state index contributed by atoms with van der Waals surface area (Å²) in [5.74, 6) is 0.336. The lowest BCUT2D eigenvalue weighted by molar-refractivity contribution is -0.140. The SMILES string of the molecule is COc1cccc(N(CN2C(=O)C3C4C=CC(C5CC45)C3C2=O)C(=O)c2ccc(Cl)cc2Cl)c1. The second-order valence-electron chi connectivity index (χ2n) is 9.46.